The molecule has 0 amide bonds. The highest BCUT2D eigenvalue weighted by atomic mass is 19.1. The van der Waals surface area contributed by atoms with Crippen LogP contribution in [-0.2, 0) is 7.05 Å². The summed E-state index contributed by atoms with van der Waals surface area (Å²) < 4.78 is 15.2. The van der Waals surface area contributed by atoms with Crippen molar-refractivity contribution < 1.29 is 14.3 Å². The van der Waals surface area contributed by atoms with Crippen LogP contribution in [0.25, 0.3) is 16.5 Å². The molecule has 3 aromatic carbocycles. The Kier molecular flexibility index (Phi) is 5.10. The quantitative estimate of drug-likeness (QED) is 0.492. The second-order valence-electron chi connectivity index (χ2n) is 6.93. The lowest BCUT2D eigenvalue weighted by Gasteiger charge is -2.11. The van der Waals surface area contributed by atoms with Crippen LogP contribution in [0.5, 0.6) is 0 Å². The van der Waals surface area contributed by atoms with Crippen LogP contribution in [0.1, 0.15) is 21.5 Å². The molecule has 29 heavy (non-hydrogen) atoms. The Morgan fingerprint density at radius 2 is 1.59 bits per heavy atom. The highest BCUT2D eigenvalue weighted by Crippen LogP contribution is 2.31. The number of para-hydroxylation sites is 1. The number of ketones is 1. The number of aromatic nitrogens is 1. The third-order valence-electron chi connectivity index (χ3n) is 4.99. The Morgan fingerprint density at radius 1 is 0.931 bits per heavy atom. The van der Waals surface area contributed by atoms with Crippen molar-refractivity contribution in [2.24, 2.45) is 7.05 Å². The van der Waals surface area contributed by atoms with Crippen LogP contribution in [0, 0.1) is 5.82 Å². The SMILES string of the molecule is Cn1cc(/C(=C/[C@@H](O)C(=O)c2ccc(F)cc2)c2ccccc2)c2ccccc21. The second-order valence-corrected chi connectivity index (χ2v) is 6.93. The van der Waals surface area contributed by atoms with Gasteiger partial charge >= 0.3 is 0 Å². The summed E-state index contributed by atoms with van der Waals surface area (Å²) in [6, 6.07) is 22.8. The van der Waals surface area contributed by atoms with Gasteiger partial charge in [-0.3, -0.25) is 4.79 Å². The van der Waals surface area contributed by atoms with E-state index >= 15 is 0 Å². The standard InChI is InChI=1S/C25H20FNO2/c1-27-16-22(20-9-5-6-10-23(20)27)21(17-7-3-2-4-8-17)15-24(28)25(29)18-11-13-19(26)14-12-18/h2-16,24,28H,1H3/b21-15+/t24-/m1/s1. The molecule has 0 unspecified atom stereocenters. The van der Waals surface area contributed by atoms with Crippen molar-refractivity contribution in [3.05, 3.63) is 114 Å². The summed E-state index contributed by atoms with van der Waals surface area (Å²) in [7, 11) is 1.97. The Labute approximate surface area is 168 Å². The first-order chi connectivity index (χ1) is 14.0. The molecule has 0 fully saturated rings. The monoisotopic (exact) mass is 385 g/mol. The molecule has 0 saturated heterocycles. The van der Waals surface area contributed by atoms with Crippen LogP contribution < -0.4 is 0 Å². The molecule has 0 aliphatic heterocycles. The number of benzene rings is 3. The molecule has 4 heteroatoms. The number of carbonyl (C=O) groups is 1. The average molecular weight is 385 g/mol. The molecule has 1 N–H and O–H groups in total. The van der Waals surface area contributed by atoms with Gasteiger partial charge in [-0.15, -0.1) is 0 Å². The number of aliphatic hydroxyl groups is 1. The van der Waals surface area contributed by atoms with E-state index < -0.39 is 17.7 Å². The van der Waals surface area contributed by atoms with Crippen molar-refractivity contribution in [2.45, 2.75) is 6.10 Å². The lowest BCUT2D eigenvalue weighted by molar-refractivity contribution is 0.0821. The summed E-state index contributed by atoms with van der Waals surface area (Å²) in [6.45, 7) is 0. The van der Waals surface area contributed by atoms with Crippen molar-refractivity contribution in [2.75, 3.05) is 0 Å². The van der Waals surface area contributed by atoms with Gasteiger partial charge in [0.1, 0.15) is 11.9 Å². The molecule has 0 bridgehead atoms. The van der Waals surface area contributed by atoms with Crippen molar-refractivity contribution in [3.8, 4) is 0 Å². The number of hydrogen-bond acceptors (Lipinski definition) is 2. The number of aryl methyl sites for hydroxylation is 1. The molecule has 0 saturated carbocycles. The number of halogens is 1. The molecule has 4 rings (SSSR count). The number of fused-ring (bicyclic) bond motifs is 1. The third kappa shape index (κ3) is 3.75. The van der Waals surface area contributed by atoms with Gasteiger partial charge in [0.2, 0.25) is 0 Å². The lowest BCUT2D eigenvalue weighted by Crippen LogP contribution is -2.18. The van der Waals surface area contributed by atoms with Crippen molar-refractivity contribution in [1.29, 1.82) is 0 Å². The van der Waals surface area contributed by atoms with Gasteiger partial charge in [-0.05, 0) is 47.5 Å². The Bertz CT molecular complexity index is 1190. The second kappa shape index (κ2) is 7.86. The minimum absolute atomic E-state index is 0.264. The summed E-state index contributed by atoms with van der Waals surface area (Å²) >= 11 is 0. The molecule has 0 aliphatic carbocycles. The fraction of sp³-hybridized carbons (Fsp3) is 0.0800. The van der Waals surface area contributed by atoms with E-state index in [9.17, 15) is 14.3 Å². The molecule has 1 atom stereocenters. The predicted octanol–water partition coefficient (Wildman–Crippen LogP) is 4.99. The van der Waals surface area contributed by atoms with Crippen LogP contribution in [-0.4, -0.2) is 21.6 Å². The van der Waals surface area contributed by atoms with Gasteiger partial charge in [0.25, 0.3) is 0 Å². The zero-order valence-electron chi connectivity index (χ0n) is 15.9. The van der Waals surface area contributed by atoms with Crippen molar-refractivity contribution in [3.63, 3.8) is 0 Å². The van der Waals surface area contributed by atoms with E-state index in [-0.39, 0.29) is 5.56 Å². The summed E-state index contributed by atoms with van der Waals surface area (Å²) in [4.78, 5) is 12.7. The average Bonchev–Trinajstić information content (AvgIpc) is 3.09. The minimum Gasteiger partial charge on any atom is -0.381 e. The van der Waals surface area contributed by atoms with Crippen molar-refractivity contribution in [1.82, 2.24) is 4.57 Å². The maximum atomic E-state index is 13.2. The summed E-state index contributed by atoms with van der Waals surface area (Å²) in [5, 5.41) is 11.7. The van der Waals surface area contributed by atoms with Crippen LogP contribution >= 0.6 is 0 Å². The number of aliphatic hydroxyl groups excluding tert-OH is 1. The molecular formula is C25H20FNO2. The molecular weight excluding hydrogens is 365 g/mol. The van der Waals surface area contributed by atoms with Crippen LogP contribution in [0.2, 0.25) is 0 Å². The first-order valence-corrected chi connectivity index (χ1v) is 9.34. The zero-order valence-corrected chi connectivity index (χ0v) is 15.9. The maximum absolute atomic E-state index is 13.2. The van der Waals surface area contributed by atoms with E-state index in [0.717, 1.165) is 27.6 Å². The Balaban J connectivity index is 1.83. The zero-order chi connectivity index (χ0) is 20.4. The van der Waals surface area contributed by atoms with Crippen LogP contribution in [0.15, 0.2) is 91.1 Å². The number of hydrogen-bond donors (Lipinski definition) is 1. The van der Waals surface area contributed by atoms with Crippen LogP contribution in [0.3, 0.4) is 0 Å². The lowest BCUT2D eigenvalue weighted by atomic mass is 9.94. The molecule has 3 nitrogen and oxygen atoms in total. The Morgan fingerprint density at radius 3 is 2.31 bits per heavy atom. The molecule has 0 radical (unpaired) electrons. The van der Waals surface area contributed by atoms with Gasteiger partial charge in [0.05, 0.1) is 0 Å². The molecule has 0 aliphatic rings. The van der Waals surface area contributed by atoms with Crippen molar-refractivity contribution >= 4 is 22.3 Å². The van der Waals surface area contributed by atoms with E-state index in [1.54, 1.807) is 6.08 Å². The fourth-order valence-electron chi connectivity index (χ4n) is 3.53. The highest BCUT2D eigenvalue weighted by Gasteiger charge is 2.19. The number of rotatable bonds is 5. The van der Waals surface area contributed by atoms with Gasteiger partial charge in [-0.25, -0.2) is 4.39 Å². The van der Waals surface area contributed by atoms with Gasteiger partial charge < -0.3 is 9.67 Å². The summed E-state index contributed by atoms with van der Waals surface area (Å²) in [5.41, 5.74) is 3.92. The van der Waals surface area contributed by atoms with E-state index in [1.165, 1.54) is 24.3 Å². The molecule has 1 aromatic heterocycles. The van der Waals surface area contributed by atoms with Gasteiger partial charge in [0, 0.05) is 35.3 Å². The minimum atomic E-state index is -1.35. The normalized spacial score (nSPS) is 12.9. The van der Waals surface area contributed by atoms with Gasteiger partial charge in [-0.2, -0.15) is 0 Å². The summed E-state index contributed by atoms with van der Waals surface area (Å²) in [6.07, 6.45) is 2.22. The first kappa shape index (κ1) is 18.8. The van der Waals surface area contributed by atoms with E-state index in [0.29, 0.717) is 0 Å². The highest BCUT2D eigenvalue weighted by molar-refractivity contribution is 6.03. The number of Topliss-reactive ketones (excluding diaryl/α,β-unsaturated/α-hetero) is 1. The van der Waals surface area contributed by atoms with Gasteiger partial charge in [0.15, 0.2) is 5.78 Å². The number of nitrogens with zero attached hydrogens (tertiary/aromatic N) is 1. The Hall–Kier alpha value is -3.50. The summed E-state index contributed by atoms with van der Waals surface area (Å²) in [5.74, 6) is -0.897. The maximum Gasteiger partial charge on any atom is 0.195 e. The predicted molar refractivity (Wildman–Crippen MR) is 113 cm³/mol. The number of carbonyl (C=O) groups excluding carboxylic acids is 1. The van der Waals surface area contributed by atoms with Crippen LogP contribution in [0.4, 0.5) is 4.39 Å². The fourth-order valence-corrected chi connectivity index (χ4v) is 3.53. The van der Waals surface area contributed by atoms with E-state index in [4.69, 9.17) is 0 Å². The molecule has 1 heterocycles. The first-order valence-electron chi connectivity index (χ1n) is 9.34. The molecule has 4 aromatic rings. The van der Waals surface area contributed by atoms with E-state index in [1.807, 2.05) is 72.4 Å². The smallest absolute Gasteiger partial charge is 0.195 e. The largest absolute Gasteiger partial charge is 0.381 e. The van der Waals surface area contributed by atoms with Gasteiger partial charge in [-0.1, -0.05) is 48.5 Å². The third-order valence-corrected chi connectivity index (χ3v) is 4.99. The topological polar surface area (TPSA) is 42.2 Å². The molecule has 144 valence electrons. The molecule has 0 spiro atoms. The van der Waals surface area contributed by atoms with E-state index in [2.05, 4.69) is 0 Å².